The Kier molecular flexibility index (Phi) is 5.45. The maximum absolute atomic E-state index is 13.2. The van der Waals surface area contributed by atoms with E-state index in [0.29, 0.717) is 5.56 Å². The fourth-order valence-corrected chi connectivity index (χ4v) is 2.99. The first-order chi connectivity index (χ1) is 13.7. The molecule has 0 aliphatic carbocycles. The molecule has 1 N–H and O–H groups in total. The van der Waals surface area contributed by atoms with Crippen LogP contribution in [0.15, 0.2) is 48.5 Å². The summed E-state index contributed by atoms with van der Waals surface area (Å²) in [5, 5.41) is 2.59. The molecule has 1 saturated heterocycles. The van der Waals surface area contributed by atoms with Crippen molar-refractivity contribution in [3.05, 3.63) is 71.0 Å². The van der Waals surface area contributed by atoms with Crippen molar-refractivity contribution in [2.24, 2.45) is 0 Å². The minimum atomic E-state index is -1.30. The Bertz CT molecular complexity index is 989. The van der Waals surface area contributed by atoms with Crippen molar-refractivity contribution in [1.82, 2.24) is 10.2 Å². The second kappa shape index (κ2) is 7.83. The van der Waals surface area contributed by atoms with Gasteiger partial charge in [-0.3, -0.25) is 19.3 Å². The van der Waals surface area contributed by atoms with Gasteiger partial charge in [0.15, 0.2) is 12.4 Å². The SMILES string of the molecule is Cc1ccc([C@]2(C)NC(=O)N(CC(=O)OCC(=O)c3cccc(F)c3)C2=O)cc1. The van der Waals surface area contributed by atoms with E-state index in [9.17, 15) is 23.6 Å². The van der Waals surface area contributed by atoms with Crippen molar-refractivity contribution >= 4 is 23.7 Å². The van der Waals surface area contributed by atoms with Crippen LogP contribution in [0.25, 0.3) is 0 Å². The number of aryl methyl sites for hydroxylation is 1. The highest BCUT2D eigenvalue weighted by atomic mass is 19.1. The Balaban J connectivity index is 1.63. The van der Waals surface area contributed by atoms with E-state index in [2.05, 4.69) is 5.32 Å². The minimum Gasteiger partial charge on any atom is -0.456 e. The van der Waals surface area contributed by atoms with Crippen LogP contribution >= 0.6 is 0 Å². The van der Waals surface area contributed by atoms with E-state index < -0.39 is 48.2 Å². The van der Waals surface area contributed by atoms with E-state index in [1.807, 2.05) is 19.1 Å². The Hall–Kier alpha value is -3.55. The molecule has 0 spiro atoms. The molecule has 0 unspecified atom stereocenters. The first kappa shape index (κ1) is 20.2. The average molecular weight is 398 g/mol. The standard InChI is InChI=1S/C21H19FN2O5/c1-13-6-8-15(9-7-13)21(2)19(27)24(20(28)23-21)11-18(26)29-12-17(25)14-4-3-5-16(22)10-14/h3-10H,11-12H2,1-2H3,(H,23,28)/t21-/m0/s1. The first-order valence-corrected chi connectivity index (χ1v) is 8.86. The number of nitrogens with one attached hydrogen (secondary N) is 1. The number of carbonyl (C=O) groups is 4. The molecule has 150 valence electrons. The first-order valence-electron chi connectivity index (χ1n) is 8.86. The number of hydrogen-bond donors (Lipinski definition) is 1. The van der Waals surface area contributed by atoms with Crippen LogP contribution in [0.1, 0.15) is 28.4 Å². The maximum atomic E-state index is 13.2. The molecule has 0 saturated carbocycles. The number of nitrogens with zero attached hydrogens (tertiary/aromatic N) is 1. The molecular formula is C21H19FN2O5. The second-order valence-corrected chi connectivity index (χ2v) is 6.91. The number of ketones is 1. The van der Waals surface area contributed by atoms with Gasteiger partial charge in [-0.25, -0.2) is 9.18 Å². The van der Waals surface area contributed by atoms with E-state index >= 15 is 0 Å². The van der Waals surface area contributed by atoms with Crippen LogP contribution in [0.4, 0.5) is 9.18 Å². The van der Waals surface area contributed by atoms with Crippen molar-refractivity contribution in [3.63, 3.8) is 0 Å². The molecular weight excluding hydrogens is 379 g/mol. The van der Waals surface area contributed by atoms with Crippen LogP contribution in [0.3, 0.4) is 0 Å². The molecule has 0 aromatic heterocycles. The van der Waals surface area contributed by atoms with Crippen LogP contribution in [0, 0.1) is 12.7 Å². The predicted molar refractivity (Wildman–Crippen MR) is 100 cm³/mol. The van der Waals surface area contributed by atoms with E-state index in [0.717, 1.165) is 16.5 Å². The molecule has 0 bridgehead atoms. The average Bonchev–Trinajstić information content (AvgIpc) is 2.90. The quantitative estimate of drug-likeness (QED) is 0.458. The number of hydrogen-bond acceptors (Lipinski definition) is 5. The summed E-state index contributed by atoms with van der Waals surface area (Å²) in [6.45, 7) is 2.19. The third-order valence-electron chi connectivity index (χ3n) is 4.70. The van der Waals surface area contributed by atoms with Crippen LogP contribution in [0.2, 0.25) is 0 Å². The fraction of sp³-hybridized carbons (Fsp3) is 0.238. The van der Waals surface area contributed by atoms with Crippen LogP contribution in [0.5, 0.6) is 0 Å². The molecule has 8 heteroatoms. The van der Waals surface area contributed by atoms with Gasteiger partial charge in [0.05, 0.1) is 0 Å². The summed E-state index contributed by atoms with van der Waals surface area (Å²) in [5.74, 6) is -2.71. The third kappa shape index (κ3) is 4.16. The third-order valence-corrected chi connectivity index (χ3v) is 4.70. The number of carbonyl (C=O) groups excluding carboxylic acids is 4. The molecule has 29 heavy (non-hydrogen) atoms. The number of rotatable bonds is 6. The molecule has 1 aliphatic rings. The molecule has 1 atom stereocenters. The highest BCUT2D eigenvalue weighted by molar-refractivity contribution is 6.09. The summed E-state index contributed by atoms with van der Waals surface area (Å²) in [4.78, 5) is 49.8. The van der Waals surface area contributed by atoms with Gasteiger partial charge in [0.25, 0.3) is 5.91 Å². The number of esters is 1. The normalized spacial score (nSPS) is 18.5. The van der Waals surface area contributed by atoms with Crippen LogP contribution in [-0.2, 0) is 19.9 Å². The van der Waals surface area contributed by atoms with Crippen molar-refractivity contribution < 1.29 is 28.3 Å². The van der Waals surface area contributed by atoms with Crippen molar-refractivity contribution in [2.75, 3.05) is 13.2 Å². The number of amides is 3. The fourth-order valence-electron chi connectivity index (χ4n) is 2.99. The number of Topliss-reactive ketones (excluding diaryl/α,β-unsaturated/α-hetero) is 1. The predicted octanol–water partition coefficient (Wildman–Crippen LogP) is 2.33. The number of imide groups is 1. The van der Waals surface area contributed by atoms with Gasteiger partial charge in [-0.15, -0.1) is 0 Å². The van der Waals surface area contributed by atoms with Gasteiger partial charge in [0.1, 0.15) is 17.9 Å². The molecule has 3 amide bonds. The van der Waals surface area contributed by atoms with Crippen molar-refractivity contribution in [2.45, 2.75) is 19.4 Å². The largest absolute Gasteiger partial charge is 0.456 e. The minimum absolute atomic E-state index is 0.0553. The van der Waals surface area contributed by atoms with Gasteiger partial charge in [-0.1, -0.05) is 42.0 Å². The lowest BCUT2D eigenvalue weighted by atomic mass is 9.91. The maximum Gasteiger partial charge on any atom is 0.326 e. The Labute approximate surface area is 166 Å². The molecule has 3 rings (SSSR count). The van der Waals surface area contributed by atoms with Crippen LogP contribution < -0.4 is 5.32 Å². The molecule has 1 aliphatic heterocycles. The van der Waals surface area contributed by atoms with E-state index in [4.69, 9.17) is 4.74 Å². The summed E-state index contributed by atoms with van der Waals surface area (Å²) >= 11 is 0. The van der Waals surface area contributed by atoms with Gasteiger partial charge in [0, 0.05) is 5.56 Å². The highest BCUT2D eigenvalue weighted by Crippen LogP contribution is 2.28. The second-order valence-electron chi connectivity index (χ2n) is 6.91. The van der Waals surface area contributed by atoms with E-state index in [1.54, 1.807) is 19.1 Å². The molecule has 1 fully saturated rings. The summed E-state index contributed by atoms with van der Waals surface area (Å²) in [5.41, 5.74) is 0.332. The zero-order valence-electron chi connectivity index (χ0n) is 15.9. The molecule has 7 nitrogen and oxygen atoms in total. The summed E-state index contributed by atoms with van der Waals surface area (Å²) < 4.78 is 18.0. The van der Waals surface area contributed by atoms with Crippen molar-refractivity contribution in [3.8, 4) is 0 Å². The number of benzene rings is 2. The van der Waals surface area contributed by atoms with E-state index in [-0.39, 0.29) is 5.56 Å². The summed E-state index contributed by atoms with van der Waals surface area (Å²) in [6, 6.07) is 11.3. The van der Waals surface area contributed by atoms with Gasteiger partial charge in [0.2, 0.25) is 0 Å². The Morgan fingerprint density at radius 1 is 1.14 bits per heavy atom. The molecule has 1 heterocycles. The number of ether oxygens (including phenoxy) is 1. The summed E-state index contributed by atoms with van der Waals surface area (Å²) in [6.07, 6.45) is 0. The van der Waals surface area contributed by atoms with Gasteiger partial charge in [-0.2, -0.15) is 0 Å². The molecule has 0 radical (unpaired) electrons. The van der Waals surface area contributed by atoms with Crippen LogP contribution in [-0.4, -0.2) is 41.7 Å². The molecule has 2 aromatic rings. The lowest BCUT2D eigenvalue weighted by Gasteiger charge is -2.22. The lowest BCUT2D eigenvalue weighted by molar-refractivity contribution is -0.146. The summed E-state index contributed by atoms with van der Waals surface area (Å²) in [7, 11) is 0. The molecule has 2 aromatic carbocycles. The lowest BCUT2D eigenvalue weighted by Crippen LogP contribution is -2.41. The van der Waals surface area contributed by atoms with Gasteiger partial charge < -0.3 is 10.1 Å². The monoisotopic (exact) mass is 398 g/mol. The van der Waals surface area contributed by atoms with Gasteiger partial charge in [-0.05, 0) is 31.5 Å². The zero-order valence-corrected chi connectivity index (χ0v) is 15.9. The Morgan fingerprint density at radius 3 is 2.48 bits per heavy atom. The number of halogens is 1. The van der Waals surface area contributed by atoms with Gasteiger partial charge >= 0.3 is 12.0 Å². The topological polar surface area (TPSA) is 92.8 Å². The smallest absolute Gasteiger partial charge is 0.326 e. The Morgan fingerprint density at radius 2 is 1.83 bits per heavy atom. The number of urea groups is 1. The zero-order chi connectivity index (χ0) is 21.2. The van der Waals surface area contributed by atoms with Crippen molar-refractivity contribution in [1.29, 1.82) is 0 Å². The highest BCUT2D eigenvalue weighted by Gasteiger charge is 2.49. The van der Waals surface area contributed by atoms with E-state index in [1.165, 1.54) is 18.2 Å².